The summed E-state index contributed by atoms with van der Waals surface area (Å²) in [5.74, 6) is -3.94. The first-order chi connectivity index (χ1) is 19.5. The predicted octanol–water partition coefficient (Wildman–Crippen LogP) is 0.132. The summed E-state index contributed by atoms with van der Waals surface area (Å²) in [5, 5.41) is 17.7. The van der Waals surface area contributed by atoms with E-state index in [1.54, 1.807) is 35.2 Å². The number of aromatic nitrogens is 2. The van der Waals surface area contributed by atoms with Gasteiger partial charge in [-0.1, -0.05) is 5.16 Å². The van der Waals surface area contributed by atoms with Gasteiger partial charge in [0, 0.05) is 30.1 Å². The second-order valence-corrected chi connectivity index (χ2v) is 10.2. The van der Waals surface area contributed by atoms with Gasteiger partial charge in [-0.05, 0) is 36.6 Å². The summed E-state index contributed by atoms with van der Waals surface area (Å²) >= 11 is 1.04. The van der Waals surface area contributed by atoms with Crippen LogP contribution in [0.2, 0.25) is 0 Å². The molecule has 0 aromatic carbocycles. The fraction of sp³-hybridized carbons (Fsp3) is 0.231. The largest absolute Gasteiger partial charge is 0.477 e. The van der Waals surface area contributed by atoms with E-state index in [0.717, 1.165) is 23.2 Å². The van der Waals surface area contributed by atoms with Crippen LogP contribution in [0.1, 0.15) is 25.5 Å². The summed E-state index contributed by atoms with van der Waals surface area (Å²) < 4.78 is 1.80. The number of rotatable bonds is 7. The van der Waals surface area contributed by atoms with Crippen LogP contribution >= 0.6 is 11.3 Å². The van der Waals surface area contributed by atoms with Crippen LogP contribution in [0.5, 0.6) is 0 Å². The number of hydrogen-bond acceptors (Lipinski definition) is 10. The van der Waals surface area contributed by atoms with Crippen molar-refractivity contribution in [3.8, 4) is 0 Å². The second-order valence-electron chi connectivity index (χ2n) is 9.36. The van der Waals surface area contributed by atoms with Crippen LogP contribution < -0.4 is 20.5 Å². The number of anilines is 2. The molecular weight excluding hydrogens is 554 g/mol. The summed E-state index contributed by atoms with van der Waals surface area (Å²) in [7, 11) is 1.83. The van der Waals surface area contributed by atoms with Gasteiger partial charge in [0.25, 0.3) is 17.7 Å². The minimum atomic E-state index is -1.34. The van der Waals surface area contributed by atoms with Gasteiger partial charge in [-0.3, -0.25) is 24.2 Å². The Morgan fingerprint density at radius 1 is 1.34 bits per heavy atom. The van der Waals surface area contributed by atoms with Crippen molar-refractivity contribution in [2.24, 2.45) is 12.2 Å². The quantitative estimate of drug-likeness (QED) is 0.102. The Hall–Kier alpha value is -5.18. The molecule has 1 saturated heterocycles. The van der Waals surface area contributed by atoms with Gasteiger partial charge in [-0.25, -0.2) is 19.1 Å². The van der Waals surface area contributed by atoms with E-state index < -0.39 is 35.8 Å². The van der Waals surface area contributed by atoms with Crippen molar-refractivity contribution in [2.45, 2.75) is 31.8 Å². The highest BCUT2D eigenvalue weighted by atomic mass is 32.1. The number of nitrogens with zero attached hydrogens (tertiary/aromatic N) is 5. The molecular formula is C26H24N7O7S+. The molecule has 0 saturated carbocycles. The van der Waals surface area contributed by atoms with Crippen molar-refractivity contribution in [1.82, 2.24) is 15.2 Å². The van der Waals surface area contributed by atoms with Crippen LogP contribution in [0, 0.1) is 0 Å². The number of aliphatic carboxylic acids is 1. The molecule has 4 N–H and O–H groups in total. The number of nitrogen functional groups attached to an aromatic ring is 1. The zero-order chi connectivity index (χ0) is 29.4. The summed E-state index contributed by atoms with van der Waals surface area (Å²) in [4.78, 5) is 73.9. The molecule has 1 fully saturated rings. The van der Waals surface area contributed by atoms with Crippen LogP contribution in [0.3, 0.4) is 0 Å². The number of allylic oxidation sites excluding steroid dienone is 2. The number of hydrogen-bond donors (Lipinski definition) is 3. The van der Waals surface area contributed by atoms with Crippen molar-refractivity contribution >= 4 is 57.5 Å². The fourth-order valence-electron chi connectivity index (χ4n) is 4.80. The van der Waals surface area contributed by atoms with Gasteiger partial charge < -0.3 is 21.0 Å². The molecule has 0 unspecified atom stereocenters. The molecule has 15 heteroatoms. The number of carboxylic acids is 1. The Morgan fingerprint density at radius 3 is 2.78 bits per heavy atom. The molecule has 2 aromatic heterocycles. The van der Waals surface area contributed by atoms with Gasteiger partial charge in [0.1, 0.15) is 30.2 Å². The van der Waals surface area contributed by atoms with Crippen LogP contribution in [0.25, 0.3) is 0 Å². The summed E-state index contributed by atoms with van der Waals surface area (Å²) in [6.45, 7) is 1.10. The van der Waals surface area contributed by atoms with Crippen molar-refractivity contribution in [3.63, 3.8) is 0 Å². The Kier molecular flexibility index (Phi) is 7.19. The van der Waals surface area contributed by atoms with E-state index in [1.165, 1.54) is 16.4 Å². The lowest BCUT2D eigenvalue weighted by Crippen LogP contribution is -2.72. The second kappa shape index (κ2) is 10.8. The number of aryl methyl sites for hydroxylation is 1. The monoisotopic (exact) mass is 578 g/mol. The number of thiazole rings is 1. The maximum absolute atomic E-state index is 13.1. The van der Waals surface area contributed by atoms with E-state index in [-0.39, 0.29) is 40.1 Å². The average Bonchev–Trinajstić information content (AvgIpc) is 3.51. The van der Waals surface area contributed by atoms with Crippen molar-refractivity contribution < 1.29 is 38.5 Å². The van der Waals surface area contributed by atoms with Crippen molar-refractivity contribution in [3.05, 3.63) is 70.8 Å². The van der Waals surface area contributed by atoms with Crippen LogP contribution in [-0.4, -0.2) is 62.4 Å². The Morgan fingerprint density at radius 2 is 2.12 bits per heavy atom. The van der Waals surface area contributed by atoms with Crippen molar-refractivity contribution in [1.29, 1.82) is 0 Å². The number of carboxylic acid groups (broad SMARTS) is 1. The lowest BCUT2D eigenvalue weighted by Gasteiger charge is -2.50. The molecule has 41 heavy (non-hydrogen) atoms. The van der Waals surface area contributed by atoms with Crippen molar-refractivity contribution in [2.75, 3.05) is 10.6 Å². The molecule has 0 radical (unpaired) electrons. The number of β-lactam (4-membered cyclic amide) rings is 1. The molecule has 5 heterocycles. The molecule has 14 nitrogen and oxygen atoms in total. The van der Waals surface area contributed by atoms with Crippen LogP contribution in [0.15, 0.2) is 70.3 Å². The third kappa shape index (κ3) is 5.21. The zero-order valence-electron chi connectivity index (χ0n) is 21.8. The average molecular weight is 579 g/mol. The van der Waals surface area contributed by atoms with Crippen LogP contribution in [-0.2, 0) is 35.9 Å². The lowest BCUT2D eigenvalue weighted by atomic mass is 9.83. The standard InChI is InChI=1S/C26H23N7O7S/c1-13(34)40-30-19(17-12-41-26(27)28-17)22(35)29-20-18-6-5-14(21(25(38)39)33(18)24(20)37)10-15-7-9-32(23(15)36)16-4-3-8-31(2)11-16/h3-4,7-12,18,20H,5-6H2,1-2H3,(H3-,27,28,29,35,38,39)/p+1/b15-10+,30-19-/t18-,20+/m1/s1. The first kappa shape index (κ1) is 27.4. The number of amides is 3. The molecule has 5 rings (SSSR count). The predicted molar refractivity (Wildman–Crippen MR) is 144 cm³/mol. The molecule has 3 aliphatic heterocycles. The van der Waals surface area contributed by atoms with Gasteiger partial charge in [-0.15, -0.1) is 11.3 Å². The first-order valence-electron chi connectivity index (χ1n) is 12.3. The normalized spacial score (nSPS) is 21.2. The SMILES string of the molecule is CC(=O)O/N=C(\C(=O)N[C@@H]1C(=O)N2C(C(=O)O)=C(/C=C3\C=CN(c4ccc[n+](C)c4)C3=O)CC[C@H]12)c1csc(N)n1. The number of oxime groups is 1. The van der Waals surface area contributed by atoms with E-state index in [0.29, 0.717) is 17.7 Å². The molecule has 3 aliphatic rings. The Bertz CT molecular complexity index is 1620. The molecule has 2 atom stereocenters. The molecule has 210 valence electrons. The Labute approximate surface area is 236 Å². The lowest BCUT2D eigenvalue weighted by molar-refractivity contribution is -0.670. The highest BCUT2D eigenvalue weighted by molar-refractivity contribution is 7.13. The smallest absolute Gasteiger partial charge is 0.352 e. The summed E-state index contributed by atoms with van der Waals surface area (Å²) in [6, 6.07) is 1.88. The number of pyridine rings is 1. The maximum atomic E-state index is 13.1. The molecule has 0 bridgehead atoms. The van der Waals surface area contributed by atoms with E-state index in [9.17, 15) is 29.1 Å². The fourth-order valence-corrected chi connectivity index (χ4v) is 5.35. The number of carbonyl (C=O) groups is 5. The zero-order valence-corrected chi connectivity index (χ0v) is 22.6. The van der Waals surface area contributed by atoms with Gasteiger partial charge in [-0.2, -0.15) is 0 Å². The maximum Gasteiger partial charge on any atom is 0.352 e. The van der Waals surface area contributed by atoms with Gasteiger partial charge in [0.05, 0.1) is 6.04 Å². The van der Waals surface area contributed by atoms with E-state index in [1.807, 2.05) is 13.2 Å². The van der Waals surface area contributed by atoms with E-state index in [4.69, 9.17) is 5.73 Å². The minimum absolute atomic E-state index is 0.0474. The Balaban J connectivity index is 1.36. The molecule has 0 aliphatic carbocycles. The third-order valence-corrected chi connectivity index (χ3v) is 7.28. The first-order valence-corrected chi connectivity index (χ1v) is 13.2. The molecule has 0 spiro atoms. The highest BCUT2D eigenvalue weighted by Gasteiger charge is 2.53. The van der Waals surface area contributed by atoms with Gasteiger partial charge in [0.2, 0.25) is 0 Å². The molecule has 3 amide bonds. The van der Waals surface area contributed by atoms with E-state index in [2.05, 4.69) is 20.3 Å². The summed E-state index contributed by atoms with van der Waals surface area (Å²) in [6.07, 6.45) is 8.84. The van der Waals surface area contributed by atoms with Gasteiger partial charge >= 0.3 is 11.9 Å². The number of fused-ring (bicyclic) bond motifs is 1. The molecule has 2 aromatic rings. The highest BCUT2D eigenvalue weighted by Crippen LogP contribution is 2.38. The number of nitrogens with two attached hydrogens (primary N) is 1. The topological polar surface area (TPSA) is 188 Å². The van der Waals surface area contributed by atoms with Crippen LogP contribution in [0.4, 0.5) is 10.8 Å². The third-order valence-electron chi connectivity index (χ3n) is 6.61. The minimum Gasteiger partial charge on any atom is -0.477 e. The summed E-state index contributed by atoms with van der Waals surface area (Å²) in [5.41, 5.74) is 6.31. The number of carbonyl (C=O) groups excluding carboxylic acids is 4. The number of nitrogens with one attached hydrogen (secondary N) is 1. The van der Waals surface area contributed by atoms with Gasteiger partial charge in [0.15, 0.2) is 23.2 Å². The van der Waals surface area contributed by atoms with E-state index >= 15 is 0 Å².